The van der Waals surface area contributed by atoms with E-state index in [1.807, 2.05) is 18.2 Å². The predicted octanol–water partition coefficient (Wildman–Crippen LogP) is 6.71. The molecule has 1 fully saturated rings. The fourth-order valence-electron chi connectivity index (χ4n) is 3.93. The van der Waals surface area contributed by atoms with Gasteiger partial charge in [0.15, 0.2) is 0 Å². The molecule has 1 aromatic heterocycles. The molecule has 2 unspecified atom stereocenters. The number of hydrogen-bond acceptors (Lipinski definition) is 3. The summed E-state index contributed by atoms with van der Waals surface area (Å²) in [5.41, 5.74) is 8.60. The molecule has 0 radical (unpaired) electrons. The number of alkyl halides is 3. The molecule has 34 heavy (non-hydrogen) atoms. The number of piperidine rings is 1. The minimum Gasteiger partial charge on any atom is -0.670 e. The van der Waals surface area contributed by atoms with Gasteiger partial charge in [-0.25, -0.2) is 9.78 Å². The molecule has 1 aliphatic heterocycles. The van der Waals surface area contributed by atoms with E-state index < -0.39 is 22.7 Å². The molecule has 0 spiro atoms. The summed E-state index contributed by atoms with van der Waals surface area (Å²) in [7, 11) is 2.15. The summed E-state index contributed by atoms with van der Waals surface area (Å²) < 4.78 is 38.0. The zero-order valence-corrected chi connectivity index (χ0v) is 19.2. The summed E-state index contributed by atoms with van der Waals surface area (Å²) >= 11 is 5.70. The highest BCUT2D eigenvalue weighted by molar-refractivity contribution is 6.34. The molecular formula is C24H25ClF3N4O2-. The third kappa shape index (κ3) is 6.16. The van der Waals surface area contributed by atoms with Gasteiger partial charge in [-0.15, -0.1) is 0 Å². The van der Waals surface area contributed by atoms with Crippen molar-refractivity contribution < 1.29 is 23.1 Å². The van der Waals surface area contributed by atoms with Gasteiger partial charge in [-0.05, 0) is 38.5 Å². The SMILES string of the molecule is CN1CCCCC1C([NH-])c1ccccc1.O=C(O)c1ncc(-c2cccc(C(F)(F)F)c2Cl)[nH]1. The van der Waals surface area contributed by atoms with Crippen molar-refractivity contribution in [1.82, 2.24) is 14.9 Å². The lowest BCUT2D eigenvalue weighted by molar-refractivity contribution is -0.137. The summed E-state index contributed by atoms with van der Waals surface area (Å²) in [6.45, 7) is 1.15. The highest BCUT2D eigenvalue weighted by Gasteiger charge is 2.34. The molecule has 1 saturated heterocycles. The van der Waals surface area contributed by atoms with Crippen LogP contribution in [0.4, 0.5) is 13.2 Å². The van der Waals surface area contributed by atoms with Crippen LogP contribution in [0.25, 0.3) is 17.0 Å². The van der Waals surface area contributed by atoms with Crippen molar-refractivity contribution >= 4 is 17.6 Å². The molecule has 1 aliphatic rings. The number of H-pyrrole nitrogens is 1. The van der Waals surface area contributed by atoms with Gasteiger partial charge >= 0.3 is 12.1 Å². The molecule has 0 saturated carbocycles. The molecule has 0 bridgehead atoms. The number of rotatable bonds is 4. The Morgan fingerprint density at radius 3 is 2.50 bits per heavy atom. The number of hydrogen-bond donors (Lipinski definition) is 2. The minimum absolute atomic E-state index is 0.0384. The Morgan fingerprint density at radius 1 is 1.21 bits per heavy atom. The number of nitrogens with zero attached hydrogens (tertiary/aromatic N) is 2. The number of aromatic amines is 1. The van der Waals surface area contributed by atoms with Gasteiger partial charge in [0.05, 0.1) is 22.5 Å². The van der Waals surface area contributed by atoms with Crippen molar-refractivity contribution in [2.24, 2.45) is 0 Å². The van der Waals surface area contributed by atoms with E-state index in [-0.39, 0.29) is 23.1 Å². The highest BCUT2D eigenvalue weighted by Crippen LogP contribution is 2.39. The second-order valence-corrected chi connectivity index (χ2v) is 8.43. The molecule has 10 heteroatoms. The number of carboxylic acids is 1. The monoisotopic (exact) mass is 493 g/mol. The number of benzene rings is 2. The summed E-state index contributed by atoms with van der Waals surface area (Å²) in [4.78, 5) is 18.9. The largest absolute Gasteiger partial charge is 0.670 e. The summed E-state index contributed by atoms with van der Waals surface area (Å²) in [5, 5.41) is 8.19. The number of carboxylic acid groups (broad SMARTS) is 1. The lowest BCUT2D eigenvalue weighted by Crippen LogP contribution is -2.39. The fourth-order valence-corrected chi connectivity index (χ4v) is 4.27. The minimum atomic E-state index is -4.58. The van der Waals surface area contributed by atoms with Gasteiger partial charge in [0, 0.05) is 5.56 Å². The van der Waals surface area contributed by atoms with Crippen molar-refractivity contribution in [3.8, 4) is 11.3 Å². The average Bonchev–Trinajstić information content (AvgIpc) is 3.30. The number of likely N-dealkylation sites (tertiary alicyclic amines) is 1. The first-order valence-electron chi connectivity index (χ1n) is 10.7. The molecule has 4 rings (SSSR count). The van der Waals surface area contributed by atoms with E-state index >= 15 is 0 Å². The lowest BCUT2D eigenvalue weighted by Gasteiger charge is -2.41. The van der Waals surface area contributed by atoms with Crippen LogP contribution in [0.15, 0.2) is 54.7 Å². The van der Waals surface area contributed by atoms with E-state index in [2.05, 4.69) is 34.0 Å². The Kier molecular flexibility index (Phi) is 8.35. The van der Waals surface area contributed by atoms with Crippen molar-refractivity contribution in [3.05, 3.63) is 82.4 Å². The molecule has 0 aliphatic carbocycles. The smallest absolute Gasteiger partial charge is 0.417 e. The number of halogens is 4. The molecule has 2 aromatic carbocycles. The summed E-state index contributed by atoms with van der Waals surface area (Å²) in [5.74, 6) is -1.68. The maximum absolute atomic E-state index is 12.7. The summed E-state index contributed by atoms with van der Waals surface area (Å²) in [6, 6.07) is 13.9. The zero-order chi connectivity index (χ0) is 24.9. The number of aromatic nitrogens is 2. The van der Waals surface area contributed by atoms with E-state index in [1.165, 1.54) is 31.4 Å². The number of nitrogens with one attached hydrogen (secondary N) is 2. The average molecular weight is 494 g/mol. The quantitative estimate of drug-likeness (QED) is 0.422. The standard InChI is InChI=1S/C13H19N2.C11H6ClF3N2O2/c1-15-10-6-5-9-12(15)13(14)11-7-3-2-4-8-11;12-8-5(2-1-3-6(8)11(13,14)15)7-4-16-9(17-7)10(18)19/h2-4,7-8,12-14H,5-6,9-10H2,1H3;1-4H,(H,16,17)(H,18,19)/q-1;. The van der Waals surface area contributed by atoms with Gasteiger partial charge in [0.2, 0.25) is 5.82 Å². The van der Waals surface area contributed by atoms with Crippen LogP contribution in [0.1, 0.15) is 47.1 Å². The second-order valence-electron chi connectivity index (χ2n) is 8.05. The Balaban J connectivity index is 0.000000196. The van der Waals surface area contributed by atoms with Gasteiger partial charge in [0.1, 0.15) is 0 Å². The predicted molar refractivity (Wildman–Crippen MR) is 125 cm³/mol. The molecular weight excluding hydrogens is 469 g/mol. The zero-order valence-electron chi connectivity index (χ0n) is 18.4. The first-order chi connectivity index (χ1) is 16.1. The Morgan fingerprint density at radius 2 is 1.91 bits per heavy atom. The lowest BCUT2D eigenvalue weighted by atomic mass is 9.92. The molecule has 182 valence electrons. The van der Waals surface area contributed by atoms with E-state index in [4.69, 9.17) is 22.4 Å². The van der Waals surface area contributed by atoms with Crippen LogP contribution in [0.3, 0.4) is 0 Å². The van der Waals surface area contributed by atoms with E-state index in [1.54, 1.807) is 0 Å². The van der Waals surface area contributed by atoms with Gasteiger partial charge < -0.3 is 20.7 Å². The van der Waals surface area contributed by atoms with Crippen LogP contribution in [0.2, 0.25) is 5.02 Å². The van der Waals surface area contributed by atoms with Crippen LogP contribution in [-0.4, -0.2) is 45.6 Å². The Labute approximate surface area is 200 Å². The third-order valence-electron chi connectivity index (χ3n) is 5.74. The summed E-state index contributed by atoms with van der Waals surface area (Å²) in [6.07, 6.45) is 0.263. The molecule has 3 N–H and O–H groups in total. The molecule has 2 atom stereocenters. The van der Waals surface area contributed by atoms with Gasteiger partial charge in [-0.1, -0.05) is 72.1 Å². The van der Waals surface area contributed by atoms with Crippen LogP contribution < -0.4 is 0 Å². The molecule has 3 aromatic rings. The van der Waals surface area contributed by atoms with Crippen LogP contribution >= 0.6 is 11.6 Å². The van der Waals surface area contributed by atoms with Gasteiger partial charge in [0.25, 0.3) is 0 Å². The van der Waals surface area contributed by atoms with E-state index in [9.17, 15) is 18.0 Å². The number of carbonyl (C=O) groups is 1. The van der Waals surface area contributed by atoms with Crippen LogP contribution in [0.5, 0.6) is 0 Å². The Bertz CT molecular complexity index is 1110. The third-order valence-corrected chi connectivity index (χ3v) is 6.15. The van der Waals surface area contributed by atoms with Crippen molar-refractivity contribution in [2.45, 2.75) is 37.5 Å². The maximum Gasteiger partial charge on any atom is 0.417 e. The normalized spacial score (nSPS) is 17.5. The van der Waals surface area contributed by atoms with Crippen molar-refractivity contribution in [3.63, 3.8) is 0 Å². The van der Waals surface area contributed by atoms with E-state index in [0.717, 1.165) is 24.4 Å². The first-order valence-corrected chi connectivity index (χ1v) is 11.1. The molecule has 6 nitrogen and oxygen atoms in total. The van der Waals surface area contributed by atoms with Gasteiger partial charge in [-0.3, -0.25) is 0 Å². The second kappa shape index (κ2) is 11.0. The van der Waals surface area contributed by atoms with Crippen LogP contribution in [0, 0.1) is 0 Å². The first kappa shape index (κ1) is 25.7. The number of aromatic carboxylic acids is 1. The number of likely N-dealkylation sites (N-methyl/N-ethyl adjacent to an activating group) is 1. The molecule has 0 amide bonds. The van der Waals surface area contributed by atoms with E-state index in [0.29, 0.717) is 6.04 Å². The van der Waals surface area contributed by atoms with Crippen molar-refractivity contribution in [2.75, 3.05) is 13.6 Å². The maximum atomic E-state index is 12.7. The molecule has 2 heterocycles. The van der Waals surface area contributed by atoms with Gasteiger partial charge in [-0.2, -0.15) is 13.2 Å². The van der Waals surface area contributed by atoms with Crippen molar-refractivity contribution in [1.29, 1.82) is 0 Å². The van der Waals surface area contributed by atoms with Crippen LogP contribution in [-0.2, 0) is 6.18 Å². The Hall–Kier alpha value is -2.88. The fraction of sp³-hybridized carbons (Fsp3) is 0.333. The topological polar surface area (TPSA) is 93.0 Å². The number of imidazole rings is 1. The highest BCUT2D eigenvalue weighted by atomic mass is 35.5.